The van der Waals surface area contributed by atoms with E-state index in [-0.39, 0.29) is 36.5 Å². The van der Waals surface area contributed by atoms with Gasteiger partial charge in [0.2, 0.25) is 0 Å². The van der Waals surface area contributed by atoms with Crippen molar-refractivity contribution >= 4 is 0 Å². The lowest BCUT2D eigenvalue weighted by atomic mass is 10.1. The van der Waals surface area contributed by atoms with E-state index < -0.39 is 24.2 Å². The molecule has 5 aliphatic heterocycles. The smallest absolute Gasteiger partial charge is 0.189 e. The maximum atomic E-state index is 6.25. The van der Waals surface area contributed by atoms with Gasteiger partial charge in [-0.3, -0.25) is 0 Å². The van der Waals surface area contributed by atoms with Crippen LogP contribution >= 0.6 is 0 Å². The number of nitrogens with zero attached hydrogens (tertiary/aromatic N) is 6. The highest BCUT2D eigenvalue weighted by Crippen LogP contribution is 2.44. The molecule has 14 heteroatoms. The number of rotatable bonds is 0. The Morgan fingerprint density at radius 3 is 1.61 bits per heavy atom. The van der Waals surface area contributed by atoms with Gasteiger partial charge in [-0.15, -0.1) is 10.2 Å². The van der Waals surface area contributed by atoms with Crippen molar-refractivity contribution < 1.29 is 28.4 Å². The van der Waals surface area contributed by atoms with Crippen molar-refractivity contribution in [2.45, 2.75) is 101 Å². The molecule has 7 heterocycles. The molecule has 0 aliphatic carbocycles. The third-order valence-electron chi connectivity index (χ3n) is 7.26. The summed E-state index contributed by atoms with van der Waals surface area (Å²) < 4.78 is 40.5. The van der Waals surface area contributed by atoms with Crippen molar-refractivity contribution in [2.75, 3.05) is 13.1 Å². The first kappa shape index (κ1) is 23.1. The zero-order valence-electron chi connectivity index (χ0n) is 20.7. The molecule has 2 N–H and O–H groups in total. The largest absolute Gasteiger partial charge is 0.343 e. The third kappa shape index (κ3) is 3.96. The third-order valence-corrected chi connectivity index (χ3v) is 7.26. The van der Waals surface area contributed by atoms with Crippen LogP contribution in [0, 0.1) is 0 Å². The zero-order valence-corrected chi connectivity index (χ0v) is 20.7. The molecule has 0 saturated carbocycles. The summed E-state index contributed by atoms with van der Waals surface area (Å²) in [5.74, 6) is -1.43. The summed E-state index contributed by atoms with van der Waals surface area (Å²) in [6.45, 7) is 9.70. The fourth-order valence-corrected chi connectivity index (χ4v) is 5.86. The van der Waals surface area contributed by atoms with Gasteiger partial charge < -0.3 is 39.1 Å². The molecule has 8 atom stereocenters. The highest BCUT2D eigenvalue weighted by atomic mass is 16.8. The minimum absolute atomic E-state index is 0.186. The number of hydrogen-bond donors (Lipinski definition) is 2. The van der Waals surface area contributed by atoms with E-state index in [4.69, 9.17) is 28.4 Å². The molecule has 36 heavy (non-hydrogen) atoms. The van der Waals surface area contributed by atoms with Crippen LogP contribution in [0.4, 0.5) is 0 Å². The average Bonchev–Trinajstić information content (AvgIpc) is 3.60. The lowest BCUT2D eigenvalue weighted by Gasteiger charge is -2.26. The van der Waals surface area contributed by atoms with Crippen LogP contribution in [0.25, 0.3) is 0 Å². The number of nitrogens with one attached hydrogen (secondary N) is 2. The van der Waals surface area contributed by atoms with Crippen LogP contribution in [0.15, 0.2) is 12.4 Å². The van der Waals surface area contributed by atoms with E-state index in [0.29, 0.717) is 26.2 Å². The maximum Gasteiger partial charge on any atom is 0.189 e. The Balaban J connectivity index is 1.16. The Morgan fingerprint density at radius 1 is 0.722 bits per heavy atom. The number of aromatic nitrogens is 6. The maximum absolute atomic E-state index is 6.25. The van der Waals surface area contributed by atoms with Gasteiger partial charge in [0.05, 0.1) is 36.0 Å². The van der Waals surface area contributed by atoms with Gasteiger partial charge in [-0.05, 0) is 27.7 Å². The second kappa shape index (κ2) is 8.23. The Morgan fingerprint density at radius 2 is 1.17 bits per heavy atom. The average molecular weight is 505 g/mol. The van der Waals surface area contributed by atoms with Crippen LogP contribution in [0.5, 0.6) is 0 Å². The first-order chi connectivity index (χ1) is 17.2. The molecule has 4 bridgehead atoms. The molecule has 5 aliphatic rings. The topological polar surface area (TPSA) is 141 Å². The number of fused-ring (bicyclic) bond motifs is 12. The molecule has 7 rings (SSSR count). The Hall–Kier alpha value is -2.04. The lowest BCUT2D eigenvalue weighted by molar-refractivity contribution is -0.209. The number of hydrogen-bond acceptors (Lipinski definition) is 12. The monoisotopic (exact) mass is 504 g/mol. The Labute approximate surface area is 207 Å². The van der Waals surface area contributed by atoms with Crippen LogP contribution in [0.1, 0.15) is 51.2 Å². The Bertz CT molecular complexity index is 1040. The molecule has 2 aromatic rings. The molecule has 4 fully saturated rings. The van der Waals surface area contributed by atoms with Gasteiger partial charge in [-0.2, -0.15) is 0 Å². The summed E-state index contributed by atoms with van der Waals surface area (Å²) >= 11 is 0. The fraction of sp³-hybridized carbons (Fsp3) is 0.818. The minimum Gasteiger partial charge on any atom is -0.343 e. The molecular formula is C22H32N8O6. The van der Waals surface area contributed by atoms with Gasteiger partial charge in [0.25, 0.3) is 0 Å². The zero-order chi connectivity index (χ0) is 24.7. The van der Waals surface area contributed by atoms with E-state index in [2.05, 4.69) is 31.3 Å². The summed E-state index contributed by atoms with van der Waals surface area (Å²) in [4.78, 5) is 0. The summed E-state index contributed by atoms with van der Waals surface area (Å²) in [6.07, 6.45) is 1.93. The van der Waals surface area contributed by atoms with E-state index in [9.17, 15) is 0 Å². The molecule has 0 spiro atoms. The van der Waals surface area contributed by atoms with Crippen LogP contribution < -0.4 is 10.6 Å². The first-order valence-electron chi connectivity index (χ1n) is 12.5. The van der Waals surface area contributed by atoms with Gasteiger partial charge in [0.1, 0.15) is 24.3 Å². The molecule has 14 nitrogen and oxygen atoms in total. The van der Waals surface area contributed by atoms with E-state index in [0.717, 1.165) is 11.4 Å². The van der Waals surface area contributed by atoms with Crippen LogP contribution in [-0.2, 0) is 41.5 Å². The van der Waals surface area contributed by atoms with Crippen LogP contribution in [0.3, 0.4) is 0 Å². The van der Waals surface area contributed by atoms with Crippen molar-refractivity contribution in [1.82, 2.24) is 40.6 Å². The van der Waals surface area contributed by atoms with E-state index in [1.54, 1.807) is 0 Å². The van der Waals surface area contributed by atoms with E-state index in [1.807, 2.05) is 49.5 Å². The highest BCUT2D eigenvalue weighted by molar-refractivity contribution is 5.04. The minimum atomic E-state index is -0.717. The van der Waals surface area contributed by atoms with Gasteiger partial charge in [0.15, 0.2) is 24.2 Å². The lowest BCUT2D eigenvalue weighted by Crippen LogP contribution is -2.38. The predicted molar refractivity (Wildman–Crippen MR) is 119 cm³/mol. The molecule has 2 aromatic heterocycles. The summed E-state index contributed by atoms with van der Waals surface area (Å²) in [6, 6.07) is -0.373. The van der Waals surface area contributed by atoms with Crippen molar-refractivity contribution in [3.05, 3.63) is 23.8 Å². The highest BCUT2D eigenvalue weighted by Gasteiger charge is 2.57. The van der Waals surface area contributed by atoms with Gasteiger partial charge in [0, 0.05) is 26.2 Å². The SMILES string of the molecule is CC1(C)O[C@H]2O[C@@H]3CNCc4cn(nn4)[C@H]4C(CNCc5cn(nn5)[C@@H]3[C@H]2O1)O[C@@H]1OC(C)(C)O[C@@H]14. The summed E-state index contributed by atoms with van der Waals surface area (Å²) in [5.41, 5.74) is 1.61. The second-order valence-electron chi connectivity index (χ2n) is 10.9. The van der Waals surface area contributed by atoms with Crippen LogP contribution in [-0.4, -0.2) is 91.6 Å². The van der Waals surface area contributed by atoms with Crippen molar-refractivity contribution in [2.24, 2.45) is 0 Å². The summed E-state index contributed by atoms with van der Waals surface area (Å²) in [7, 11) is 0. The van der Waals surface area contributed by atoms with Crippen molar-refractivity contribution in [1.29, 1.82) is 0 Å². The standard InChI is InChI=1S/C22H32N8O6/c1-21(2)33-17-15-13(31-19(17)35-21)7-23-6-12-10-30(28-26-12)16-14(8-24-5-11-9-29(15)27-25-11)32-20-18(16)34-22(3,4)36-20/h9-10,13-20,23-24H,5-8H2,1-4H3/t13-,14?,15+,16+,17-,18-,19-,20-/m1/s1. The van der Waals surface area contributed by atoms with Gasteiger partial charge >= 0.3 is 0 Å². The molecule has 4 saturated heterocycles. The molecule has 0 aromatic carbocycles. The quantitative estimate of drug-likeness (QED) is 0.482. The Kier molecular flexibility index (Phi) is 5.28. The molecule has 1 unspecified atom stereocenters. The first-order valence-corrected chi connectivity index (χ1v) is 12.5. The van der Waals surface area contributed by atoms with Gasteiger partial charge in [-0.1, -0.05) is 10.4 Å². The van der Waals surface area contributed by atoms with Crippen LogP contribution in [0.2, 0.25) is 0 Å². The fourth-order valence-electron chi connectivity index (χ4n) is 5.86. The van der Waals surface area contributed by atoms with E-state index in [1.165, 1.54) is 0 Å². The molecular weight excluding hydrogens is 472 g/mol. The normalized spacial score (nSPS) is 41.0. The molecule has 196 valence electrons. The molecule has 0 amide bonds. The van der Waals surface area contributed by atoms with E-state index >= 15 is 0 Å². The number of ether oxygens (including phenoxy) is 6. The second-order valence-corrected chi connectivity index (χ2v) is 10.9. The van der Waals surface area contributed by atoms with Crippen molar-refractivity contribution in [3.8, 4) is 0 Å². The van der Waals surface area contributed by atoms with Gasteiger partial charge in [-0.25, -0.2) is 9.36 Å². The van der Waals surface area contributed by atoms with Crippen molar-refractivity contribution in [3.63, 3.8) is 0 Å². The molecule has 0 radical (unpaired) electrons. The summed E-state index contributed by atoms with van der Waals surface area (Å²) in [5, 5.41) is 24.5. The predicted octanol–water partition coefficient (Wildman–Crippen LogP) is -0.402.